The molecule has 0 unspecified atom stereocenters. The fourth-order valence-corrected chi connectivity index (χ4v) is 1.42. The number of rotatable bonds is 8. The number of hydrogen-bond donors (Lipinski definition) is 2. The summed E-state index contributed by atoms with van der Waals surface area (Å²) in [6, 6.07) is 1.90. The van der Waals surface area contributed by atoms with Crippen LogP contribution in [-0.4, -0.2) is 35.8 Å². The van der Waals surface area contributed by atoms with Gasteiger partial charge < -0.3 is 10.6 Å². The lowest BCUT2D eigenvalue weighted by Crippen LogP contribution is -2.25. The topological polar surface area (TPSA) is 59.0 Å². The molecular weight excluding hydrogens is 240 g/mol. The van der Waals surface area contributed by atoms with E-state index in [-0.39, 0.29) is 18.3 Å². The molecule has 0 aromatic carbocycles. The third-order valence-corrected chi connectivity index (χ3v) is 2.28. The van der Waals surface area contributed by atoms with Crippen LogP contribution in [-0.2, 0) is 11.3 Å². The minimum atomic E-state index is 0. The van der Waals surface area contributed by atoms with Crippen molar-refractivity contribution >= 4 is 18.3 Å². The Morgan fingerprint density at radius 1 is 1.35 bits per heavy atom. The van der Waals surface area contributed by atoms with E-state index in [1.165, 1.54) is 0 Å². The van der Waals surface area contributed by atoms with Crippen molar-refractivity contribution in [2.45, 2.75) is 25.8 Å². The van der Waals surface area contributed by atoms with Gasteiger partial charge in [-0.1, -0.05) is 0 Å². The highest BCUT2D eigenvalue weighted by Gasteiger charge is 1.99. The molecule has 2 N–H and O–H groups in total. The van der Waals surface area contributed by atoms with Gasteiger partial charge in [0.1, 0.15) is 0 Å². The molecule has 1 heterocycles. The summed E-state index contributed by atoms with van der Waals surface area (Å²) in [6.07, 6.45) is 6.09. The molecule has 0 saturated carbocycles. The Labute approximate surface area is 108 Å². The van der Waals surface area contributed by atoms with Crippen LogP contribution < -0.4 is 10.6 Å². The third kappa shape index (κ3) is 7.76. The minimum absolute atomic E-state index is 0. The first-order chi connectivity index (χ1) is 7.83. The zero-order chi connectivity index (χ0) is 11.6. The predicted octanol–water partition coefficient (Wildman–Crippen LogP) is 0.811. The van der Waals surface area contributed by atoms with Gasteiger partial charge in [-0.15, -0.1) is 12.4 Å². The molecule has 0 aliphatic carbocycles. The number of halogens is 1. The summed E-state index contributed by atoms with van der Waals surface area (Å²) in [7, 11) is 1.89. The first kappa shape index (κ1) is 15.9. The average Bonchev–Trinajstić information content (AvgIpc) is 2.78. The summed E-state index contributed by atoms with van der Waals surface area (Å²) < 4.78 is 1.87. The van der Waals surface area contributed by atoms with E-state index >= 15 is 0 Å². The van der Waals surface area contributed by atoms with Gasteiger partial charge in [-0.25, -0.2) is 0 Å². The highest BCUT2D eigenvalue weighted by atomic mass is 35.5. The molecule has 17 heavy (non-hydrogen) atoms. The zero-order valence-electron chi connectivity index (χ0n) is 10.2. The fourth-order valence-electron chi connectivity index (χ4n) is 1.42. The summed E-state index contributed by atoms with van der Waals surface area (Å²) in [5, 5.41) is 10.0. The Hall–Kier alpha value is -1.07. The molecule has 0 saturated heterocycles. The first-order valence-corrected chi connectivity index (χ1v) is 5.71. The van der Waals surface area contributed by atoms with E-state index < -0.39 is 0 Å². The van der Waals surface area contributed by atoms with Crippen molar-refractivity contribution in [1.82, 2.24) is 20.4 Å². The molecule has 0 bridgehead atoms. The monoisotopic (exact) mass is 260 g/mol. The molecule has 0 atom stereocenters. The van der Waals surface area contributed by atoms with Crippen LogP contribution in [0.25, 0.3) is 0 Å². The van der Waals surface area contributed by atoms with Gasteiger partial charge in [-0.2, -0.15) is 5.10 Å². The number of aryl methyl sites for hydroxylation is 1. The summed E-state index contributed by atoms with van der Waals surface area (Å²) in [4.78, 5) is 11.3. The van der Waals surface area contributed by atoms with E-state index in [0.29, 0.717) is 6.42 Å². The molecule has 1 amide bonds. The summed E-state index contributed by atoms with van der Waals surface area (Å²) in [6.45, 7) is 2.46. The summed E-state index contributed by atoms with van der Waals surface area (Å²) in [5.41, 5.74) is 0. The SMILES string of the molecule is CNCCCC(=O)NCCCn1cccn1.Cl. The maximum absolute atomic E-state index is 11.3. The molecule has 5 nitrogen and oxygen atoms in total. The van der Waals surface area contributed by atoms with Crippen LogP contribution in [0.4, 0.5) is 0 Å². The molecule has 0 fully saturated rings. The second-order valence-corrected chi connectivity index (χ2v) is 3.68. The Morgan fingerprint density at radius 3 is 2.82 bits per heavy atom. The number of carbonyl (C=O) groups is 1. The lowest BCUT2D eigenvalue weighted by atomic mass is 10.3. The van der Waals surface area contributed by atoms with Crippen LogP contribution in [0.2, 0.25) is 0 Å². The van der Waals surface area contributed by atoms with Gasteiger partial charge in [0, 0.05) is 31.9 Å². The minimum Gasteiger partial charge on any atom is -0.356 e. The smallest absolute Gasteiger partial charge is 0.220 e. The molecule has 0 spiro atoms. The maximum atomic E-state index is 11.3. The van der Waals surface area contributed by atoms with E-state index in [4.69, 9.17) is 0 Å². The number of aromatic nitrogens is 2. The zero-order valence-corrected chi connectivity index (χ0v) is 11.0. The van der Waals surface area contributed by atoms with Crippen LogP contribution in [0.1, 0.15) is 19.3 Å². The number of hydrogen-bond acceptors (Lipinski definition) is 3. The van der Waals surface area contributed by atoms with Crippen LogP contribution in [0.15, 0.2) is 18.5 Å². The van der Waals surface area contributed by atoms with Gasteiger partial charge in [0.15, 0.2) is 0 Å². The molecule has 1 aromatic rings. The molecule has 1 aromatic heterocycles. The Balaban J connectivity index is 0.00000256. The normalized spacial score (nSPS) is 9.71. The van der Waals surface area contributed by atoms with Gasteiger partial charge in [0.05, 0.1) is 0 Å². The van der Waals surface area contributed by atoms with Crippen molar-refractivity contribution in [3.05, 3.63) is 18.5 Å². The Bertz CT molecular complexity index is 290. The van der Waals surface area contributed by atoms with E-state index in [2.05, 4.69) is 15.7 Å². The van der Waals surface area contributed by atoms with Crippen molar-refractivity contribution in [1.29, 1.82) is 0 Å². The standard InChI is InChI=1S/C11H20N4O.ClH/c1-12-6-2-5-11(16)13-7-3-9-15-10-4-8-14-15;/h4,8,10,12H,2-3,5-7,9H2,1H3,(H,13,16);1H. The number of nitrogens with zero attached hydrogens (tertiary/aromatic N) is 2. The fraction of sp³-hybridized carbons (Fsp3) is 0.636. The predicted molar refractivity (Wildman–Crippen MR) is 70.3 cm³/mol. The molecule has 0 aliphatic rings. The van der Waals surface area contributed by atoms with Crippen molar-refractivity contribution in [2.75, 3.05) is 20.1 Å². The van der Waals surface area contributed by atoms with E-state index in [0.717, 1.165) is 32.5 Å². The number of amides is 1. The first-order valence-electron chi connectivity index (χ1n) is 5.71. The van der Waals surface area contributed by atoms with Crippen LogP contribution in [0.3, 0.4) is 0 Å². The lowest BCUT2D eigenvalue weighted by molar-refractivity contribution is -0.121. The van der Waals surface area contributed by atoms with Crippen LogP contribution in [0, 0.1) is 0 Å². The van der Waals surface area contributed by atoms with Crippen molar-refractivity contribution < 1.29 is 4.79 Å². The van der Waals surface area contributed by atoms with Gasteiger partial charge in [-0.05, 0) is 32.5 Å². The molecular formula is C11H21ClN4O. The van der Waals surface area contributed by atoms with E-state index in [1.54, 1.807) is 6.20 Å². The van der Waals surface area contributed by atoms with Gasteiger partial charge in [0.2, 0.25) is 5.91 Å². The second kappa shape index (κ2) is 10.1. The summed E-state index contributed by atoms with van der Waals surface area (Å²) in [5.74, 6) is 0.135. The Morgan fingerprint density at radius 2 is 2.18 bits per heavy atom. The van der Waals surface area contributed by atoms with Gasteiger partial charge in [-0.3, -0.25) is 9.48 Å². The Kier molecular flexibility index (Phi) is 9.47. The molecule has 6 heteroatoms. The van der Waals surface area contributed by atoms with E-state index in [9.17, 15) is 4.79 Å². The van der Waals surface area contributed by atoms with Crippen LogP contribution in [0.5, 0.6) is 0 Å². The quantitative estimate of drug-likeness (QED) is 0.680. The number of nitrogens with one attached hydrogen (secondary N) is 2. The molecule has 98 valence electrons. The lowest BCUT2D eigenvalue weighted by Gasteiger charge is -2.05. The van der Waals surface area contributed by atoms with Crippen LogP contribution >= 0.6 is 12.4 Å². The average molecular weight is 261 g/mol. The highest BCUT2D eigenvalue weighted by molar-refractivity contribution is 5.85. The van der Waals surface area contributed by atoms with Gasteiger partial charge in [0.25, 0.3) is 0 Å². The second-order valence-electron chi connectivity index (χ2n) is 3.68. The van der Waals surface area contributed by atoms with E-state index in [1.807, 2.05) is 24.0 Å². The van der Waals surface area contributed by atoms with Crippen molar-refractivity contribution in [2.24, 2.45) is 0 Å². The molecule has 0 aliphatic heterocycles. The van der Waals surface area contributed by atoms with Crippen molar-refractivity contribution in [3.63, 3.8) is 0 Å². The highest BCUT2D eigenvalue weighted by Crippen LogP contribution is 1.90. The summed E-state index contributed by atoms with van der Waals surface area (Å²) >= 11 is 0. The van der Waals surface area contributed by atoms with Crippen molar-refractivity contribution in [3.8, 4) is 0 Å². The number of carbonyl (C=O) groups excluding carboxylic acids is 1. The third-order valence-electron chi connectivity index (χ3n) is 2.28. The molecule has 0 radical (unpaired) electrons. The van der Waals surface area contributed by atoms with Gasteiger partial charge >= 0.3 is 0 Å². The maximum Gasteiger partial charge on any atom is 0.220 e. The molecule has 1 rings (SSSR count). The largest absolute Gasteiger partial charge is 0.356 e.